The Morgan fingerprint density at radius 1 is 0.765 bits per heavy atom. The van der Waals surface area contributed by atoms with Gasteiger partial charge in [-0.05, 0) is 24.3 Å². The van der Waals surface area contributed by atoms with Crippen molar-refractivity contribution in [2.45, 2.75) is 0 Å². The number of nitrogens with zero attached hydrogens (tertiary/aromatic N) is 1. The molecule has 2 aromatic carbocycles. The van der Waals surface area contributed by atoms with Crippen molar-refractivity contribution in [2.75, 3.05) is 11.5 Å². The topological polar surface area (TPSA) is 84.6 Å². The highest BCUT2D eigenvalue weighted by molar-refractivity contribution is 6.12. The van der Waals surface area contributed by atoms with E-state index in [1.165, 1.54) is 0 Å². The molecule has 0 aliphatic rings. The van der Waals surface area contributed by atoms with E-state index in [4.69, 9.17) is 16.7 Å². The summed E-state index contributed by atoms with van der Waals surface area (Å²) >= 11 is 0. The van der Waals surface area contributed by atoms with Crippen molar-refractivity contribution >= 4 is 17.1 Å². The van der Waals surface area contributed by atoms with E-state index in [-0.39, 0.29) is 0 Å². The smallest absolute Gasteiger partial charge is 0.117 e. The van der Waals surface area contributed by atoms with Crippen molar-refractivity contribution in [2.24, 2.45) is 5.16 Å². The molecule has 4 heteroatoms. The van der Waals surface area contributed by atoms with Crippen molar-refractivity contribution in [3.8, 4) is 0 Å². The van der Waals surface area contributed by atoms with Gasteiger partial charge in [-0.2, -0.15) is 0 Å². The summed E-state index contributed by atoms with van der Waals surface area (Å²) in [6.07, 6.45) is 0. The highest BCUT2D eigenvalue weighted by Crippen LogP contribution is 2.14. The molecule has 0 fully saturated rings. The van der Waals surface area contributed by atoms with Crippen LogP contribution in [-0.4, -0.2) is 10.9 Å². The molecule has 0 unspecified atom stereocenters. The molecular formula is C13H13N3O. The van der Waals surface area contributed by atoms with Crippen LogP contribution in [0, 0.1) is 0 Å². The van der Waals surface area contributed by atoms with Crippen LogP contribution in [0.25, 0.3) is 0 Å². The molecule has 0 radical (unpaired) electrons. The largest absolute Gasteiger partial charge is 0.410 e. The summed E-state index contributed by atoms with van der Waals surface area (Å²) in [6, 6.07) is 14.3. The Labute approximate surface area is 99.2 Å². The number of anilines is 2. The third-order valence-electron chi connectivity index (χ3n) is 2.47. The minimum atomic E-state index is 0.491. The molecule has 0 amide bonds. The van der Waals surface area contributed by atoms with Crippen molar-refractivity contribution < 1.29 is 5.21 Å². The van der Waals surface area contributed by atoms with Crippen LogP contribution >= 0.6 is 0 Å². The summed E-state index contributed by atoms with van der Waals surface area (Å²) in [5.74, 6) is 0. The first kappa shape index (κ1) is 11.0. The molecule has 4 nitrogen and oxygen atoms in total. The highest BCUT2D eigenvalue weighted by Gasteiger charge is 2.07. The van der Waals surface area contributed by atoms with Gasteiger partial charge < -0.3 is 16.7 Å². The Bertz CT molecular complexity index is 482. The standard InChI is InChI=1S/C13H13N3O/c14-11-5-1-9(2-6-11)13(16-17)10-3-7-12(15)8-4-10/h1-8,17H,14-15H2. The van der Waals surface area contributed by atoms with Gasteiger partial charge in [0.2, 0.25) is 0 Å². The maximum atomic E-state index is 9.10. The number of hydrogen-bond acceptors (Lipinski definition) is 4. The van der Waals surface area contributed by atoms with Gasteiger partial charge in [-0.3, -0.25) is 0 Å². The monoisotopic (exact) mass is 227 g/mol. The van der Waals surface area contributed by atoms with Gasteiger partial charge in [0.15, 0.2) is 0 Å². The lowest BCUT2D eigenvalue weighted by atomic mass is 10.0. The van der Waals surface area contributed by atoms with Crippen LogP contribution in [0.3, 0.4) is 0 Å². The Morgan fingerprint density at radius 3 is 1.41 bits per heavy atom. The Morgan fingerprint density at radius 2 is 1.12 bits per heavy atom. The van der Waals surface area contributed by atoms with Gasteiger partial charge in [0.25, 0.3) is 0 Å². The highest BCUT2D eigenvalue weighted by atomic mass is 16.4. The second-order valence-electron chi connectivity index (χ2n) is 3.69. The van der Waals surface area contributed by atoms with Crippen LogP contribution in [0.15, 0.2) is 53.7 Å². The summed E-state index contributed by atoms with van der Waals surface area (Å²) in [5.41, 5.74) is 14.6. The Kier molecular flexibility index (Phi) is 2.96. The maximum Gasteiger partial charge on any atom is 0.117 e. The number of rotatable bonds is 2. The third kappa shape index (κ3) is 2.36. The molecule has 0 aromatic heterocycles. The first-order chi connectivity index (χ1) is 8.20. The Balaban J connectivity index is 2.41. The fourth-order valence-electron chi connectivity index (χ4n) is 1.56. The summed E-state index contributed by atoms with van der Waals surface area (Å²) in [4.78, 5) is 0. The average Bonchev–Trinajstić information content (AvgIpc) is 2.35. The Hall–Kier alpha value is -2.49. The number of nitrogens with two attached hydrogens (primary N) is 2. The molecule has 5 N–H and O–H groups in total. The molecular weight excluding hydrogens is 214 g/mol. The molecule has 0 saturated heterocycles. The van der Waals surface area contributed by atoms with E-state index in [1.54, 1.807) is 48.5 Å². The first-order valence-electron chi connectivity index (χ1n) is 5.14. The summed E-state index contributed by atoms with van der Waals surface area (Å²) in [5, 5.41) is 12.4. The van der Waals surface area contributed by atoms with Gasteiger partial charge in [0.1, 0.15) is 5.71 Å². The van der Waals surface area contributed by atoms with Crippen molar-refractivity contribution in [1.82, 2.24) is 0 Å². The average molecular weight is 227 g/mol. The van der Waals surface area contributed by atoms with Crippen LogP contribution in [0.5, 0.6) is 0 Å². The molecule has 0 aliphatic heterocycles. The summed E-state index contributed by atoms with van der Waals surface area (Å²) in [6.45, 7) is 0. The number of hydrogen-bond donors (Lipinski definition) is 3. The molecule has 0 spiro atoms. The zero-order valence-electron chi connectivity index (χ0n) is 9.17. The van der Waals surface area contributed by atoms with Gasteiger partial charge in [-0.1, -0.05) is 29.4 Å². The van der Waals surface area contributed by atoms with Crippen molar-refractivity contribution in [1.29, 1.82) is 0 Å². The van der Waals surface area contributed by atoms with Gasteiger partial charge in [-0.25, -0.2) is 0 Å². The zero-order chi connectivity index (χ0) is 12.3. The number of benzene rings is 2. The predicted octanol–water partition coefficient (Wildman–Crippen LogP) is 2.08. The van der Waals surface area contributed by atoms with Crippen molar-refractivity contribution in [3.63, 3.8) is 0 Å². The van der Waals surface area contributed by atoms with Crippen LogP contribution in [0.1, 0.15) is 11.1 Å². The summed E-state index contributed by atoms with van der Waals surface area (Å²) in [7, 11) is 0. The van der Waals surface area contributed by atoms with Gasteiger partial charge in [-0.15, -0.1) is 0 Å². The normalized spacial score (nSPS) is 9.88. The zero-order valence-corrected chi connectivity index (χ0v) is 9.17. The van der Waals surface area contributed by atoms with Gasteiger partial charge in [0.05, 0.1) is 0 Å². The molecule has 2 rings (SSSR count). The number of oxime groups is 1. The molecule has 0 saturated carbocycles. The van der Waals surface area contributed by atoms with Gasteiger partial charge in [0, 0.05) is 22.5 Å². The van der Waals surface area contributed by atoms with E-state index in [2.05, 4.69) is 5.16 Å². The van der Waals surface area contributed by atoms with E-state index in [0.717, 1.165) is 11.1 Å². The quantitative estimate of drug-likeness (QED) is 0.318. The molecule has 0 bridgehead atoms. The second kappa shape index (κ2) is 4.57. The van der Waals surface area contributed by atoms with E-state index >= 15 is 0 Å². The minimum absolute atomic E-state index is 0.491. The molecule has 0 atom stereocenters. The lowest BCUT2D eigenvalue weighted by Gasteiger charge is -2.05. The van der Waals surface area contributed by atoms with Crippen molar-refractivity contribution in [3.05, 3.63) is 59.7 Å². The molecule has 2 aromatic rings. The fourth-order valence-corrected chi connectivity index (χ4v) is 1.56. The first-order valence-corrected chi connectivity index (χ1v) is 5.14. The SMILES string of the molecule is Nc1ccc(C(=NO)c2ccc(N)cc2)cc1. The predicted molar refractivity (Wildman–Crippen MR) is 69.1 cm³/mol. The fraction of sp³-hybridized carbons (Fsp3) is 0. The minimum Gasteiger partial charge on any atom is -0.410 e. The maximum absolute atomic E-state index is 9.10. The molecule has 17 heavy (non-hydrogen) atoms. The van der Waals surface area contributed by atoms with E-state index in [1.807, 2.05) is 0 Å². The van der Waals surface area contributed by atoms with Crippen LogP contribution < -0.4 is 11.5 Å². The van der Waals surface area contributed by atoms with Crippen LogP contribution in [0.4, 0.5) is 11.4 Å². The summed E-state index contributed by atoms with van der Waals surface area (Å²) < 4.78 is 0. The van der Waals surface area contributed by atoms with Crippen LogP contribution in [-0.2, 0) is 0 Å². The molecule has 0 heterocycles. The van der Waals surface area contributed by atoms with E-state index < -0.39 is 0 Å². The van der Waals surface area contributed by atoms with Crippen LogP contribution in [0.2, 0.25) is 0 Å². The third-order valence-corrected chi connectivity index (χ3v) is 2.47. The lowest BCUT2D eigenvalue weighted by molar-refractivity contribution is 0.319. The lowest BCUT2D eigenvalue weighted by Crippen LogP contribution is -2.03. The molecule has 0 aliphatic carbocycles. The number of nitrogen functional groups attached to an aromatic ring is 2. The van der Waals surface area contributed by atoms with E-state index in [9.17, 15) is 0 Å². The van der Waals surface area contributed by atoms with Gasteiger partial charge >= 0.3 is 0 Å². The molecule has 86 valence electrons. The van der Waals surface area contributed by atoms with E-state index in [0.29, 0.717) is 17.1 Å². The second-order valence-corrected chi connectivity index (χ2v) is 3.69.